The summed E-state index contributed by atoms with van der Waals surface area (Å²) in [6.07, 6.45) is 4.77. The zero-order chi connectivity index (χ0) is 8.24. The number of unbranched alkanes of at least 4 members (excludes halogenated alkanes) is 2. The first-order chi connectivity index (χ1) is 4.83. The normalized spacial score (nSPS) is 8.40. The molecular formula is C8H22N2. The first-order valence-corrected chi connectivity index (χ1v) is 4.23. The standard InChI is InChI=1S/C4H12N2.C4H10/c5-3-1-2-4-6;1-3-4-2/h1-6H2;3-4H2,1-2H3. The summed E-state index contributed by atoms with van der Waals surface area (Å²) in [6.45, 7) is 5.91. The largest absolute Gasteiger partial charge is 0.330 e. The van der Waals surface area contributed by atoms with Crippen LogP contribution in [0.4, 0.5) is 0 Å². The molecule has 0 aliphatic heterocycles. The predicted molar refractivity (Wildman–Crippen MR) is 47.9 cm³/mol. The van der Waals surface area contributed by atoms with Gasteiger partial charge in [-0.1, -0.05) is 26.7 Å². The maximum Gasteiger partial charge on any atom is -0.00768 e. The second-order valence-electron chi connectivity index (χ2n) is 2.28. The van der Waals surface area contributed by atoms with Crippen LogP contribution in [0.15, 0.2) is 0 Å². The SMILES string of the molecule is CCCC.NCCCCN. The number of hydrogen-bond acceptors (Lipinski definition) is 2. The van der Waals surface area contributed by atoms with Gasteiger partial charge in [0.1, 0.15) is 0 Å². The molecule has 0 atom stereocenters. The summed E-state index contributed by atoms with van der Waals surface area (Å²) in [5.74, 6) is 0. The fraction of sp³-hybridized carbons (Fsp3) is 1.00. The van der Waals surface area contributed by atoms with Crippen LogP contribution in [0.2, 0.25) is 0 Å². The molecule has 0 fully saturated rings. The van der Waals surface area contributed by atoms with Crippen molar-refractivity contribution in [3.05, 3.63) is 0 Å². The van der Waals surface area contributed by atoms with E-state index in [9.17, 15) is 0 Å². The summed E-state index contributed by atoms with van der Waals surface area (Å²) in [6, 6.07) is 0. The minimum Gasteiger partial charge on any atom is -0.330 e. The lowest BCUT2D eigenvalue weighted by Crippen LogP contribution is -2.03. The van der Waals surface area contributed by atoms with Gasteiger partial charge < -0.3 is 11.5 Å². The lowest BCUT2D eigenvalue weighted by molar-refractivity contribution is 0.755. The van der Waals surface area contributed by atoms with Crippen LogP contribution in [0.5, 0.6) is 0 Å². The lowest BCUT2D eigenvalue weighted by Gasteiger charge is -1.87. The Labute approximate surface area is 65.0 Å². The molecule has 0 aromatic heterocycles. The molecule has 64 valence electrons. The van der Waals surface area contributed by atoms with E-state index in [0.29, 0.717) is 0 Å². The van der Waals surface area contributed by atoms with Crippen LogP contribution >= 0.6 is 0 Å². The zero-order valence-corrected chi connectivity index (χ0v) is 7.40. The Morgan fingerprint density at radius 1 is 0.800 bits per heavy atom. The Balaban J connectivity index is 0. The van der Waals surface area contributed by atoms with Crippen molar-refractivity contribution < 1.29 is 0 Å². The number of nitrogens with two attached hydrogens (primary N) is 2. The van der Waals surface area contributed by atoms with Crippen LogP contribution < -0.4 is 11.5 Å². The van der Waals surface area contributed by atoms with E-state index in [1.54, 1.807) is 0 Å². The Bertz CT molecular complexity index is 32.2. The molecule has 0 aromatic rings. The van der Waals surface area contributed by atoms with Gasteiger partial charge >= 0.3 is 0 Å². The van der Waals surface area contributed by atoms with Crippen molar-refractivity contribution in [3.63, 3.8) is 0 Å². The molecule has 0 unspecified atom stereocenters. The number of hydrogen-bond donors (Lipinski definition) is 2. The smallest absolute Gasteiger partial charge is 0.00768 e. The maximum atomic E-state index is 5.16. The molecule has 0 bridgehead atoms. The molecule has 0 aliphatic rings. The first-order valence-electron chi connectivity index (χ1n) is 4.23. The van der Waals surface area contributed by atoms with Crippen molar-refractivity contribution in [1.82, 2.24) is 0 Å². The van der Waals surface area contributed by atoms with Gasteiger partial charge in [-0.2, -0.15) is 0 Å². The van der Waals surface area contributed by atoms with E-state index in [1.807, 2.05) is 0 Å². The average molecular weight is 146 g/mol. The van der Waals surface area contributed by atoms with Crippen molar-refractivity contribution in [2.75, 3.05) is 13.1 Å². The van der Waals surface area contributed by atoms with E-state index in [2.05, 4.69) is 13.8 Å². The van der Waals surface area contributed by atoms with E-state index >= 15 is 0 Å². The van der Waals surface area contributed by atoms with Gasteiger partial charge in [0.25, 0.3) is 0 Å². The summed E-state index contributed by atoms with van der Waals surface area (Å²) in [7, 11) is 0. The number of rotatable bonds is 4. The Hall–Kier alpha value is -0.0800. The van der Waals surface area contributed by atoms with Crippen LogP contribution in [0, 0.1) is 0 Å². The molecule has 0 aliphatic carbocycles. The summed E-state index contributed by atoms with van der Waals surface area (Å²) in [5, 5.41) is 0. The third kappa shape index (κ3) is 24.7. The fourth-order valence-electron chi connectivity index (χ4n) is 0.289. The van der Waals surface area contributed by atoms with Crippen molar-refractivity contribution in [2.24, 2.45) is 11.5 Å². The monoisotopic (exact) mass is 146 g/mol. The van der Waals surface area contributed by atoms with E-state index in [0.717, 1.165) is 25.9 Å². The first kappa shape index (κ1) is 12.6. The van der Waals surface area contributed by atoms with Gasteiger partial charge in [0.15, 0.2) is 0 Å². The van der Waals surface area contributed by atoms with Crippen LogP contribution in [0.25, 0.3) is 0 Å². The second-order valence-corrected chi connectivity index (χ2v) is 2.28. The summed E-state index contributed by atoms with van der Waals surface area (Å²) in [5.41, 5.74) is 10.3. The quantitative estimate of drug-likeness (QED) is 0.590. The predicted octanol–water partition coefficient (Wildman–Crippen LogP) is 1.49. The van der Waals surface area contributed by atoms with Gasteiger partial charge in [0.2, 0.25) is 0 Å². The molecular weight excluding hydrogens is 124 g/mol. The van der Waals surface area contributed by atoms with Crippen LogP contribution in [0.1, 0.15) is 39.5 Å². The molecule has 0 rings (SSSR count). The van der Waals surface area contributed by atoms with Gasteiger partial charge in [0.05, 0.1) is 0 Å². The Morgan fingerprint density at radius 2 is 1.10 bits per heavy atom. The molecule has 0 saturated carbocycles. The lowest BCUT2D eigenvalue weighted by atomic mass is 10.3. The van der Waals surface area contributed by atoms with Crippen molar-refractivity contribution in [3.8, 4) is 0 Å². The zero-order valence-electron chi connectivity index (χ0n) is 7.40. The summed E-state index contributed by atoms with van der Waals surface area (Å²) in [4.78, 5) is 0. The average Bonchev–Trinajstić information content (AvgIpc) is 2.01. The minimum absolute atomic E-state index is 0.775. The molecule has 2 nitrogen and oxygen atoms in total. The molecule has 0 spiro atoms. The molecule has 0 saturated heterocycles. The highest BCUT2D eigenvalue weighted by molar-refractivity contribution is 4.38. The molecule has 0 aromatic carbocycles. The van der Waals surface area contributed by atoms with Crippen molar-refractivity contribution >= 4 is 0 Å². The minimum atomic E-state index is 0.775. The van der Waals surface area contributed by atoms with Crippen LogP contribution in [0.3, 0.4) is 0 Å². The van der Waals surface area contributed by atoms with E-state index in [1.165, 1.54) is 12.8 Å². The molecule has 4 N–H and O–H groups in total. The molecule has 10 heavy (non-hydrogen) atoms. The molecule has 0 heterocycles. The van der Waals surface area contributed by atoms with Crippen LogP contribution in [-0.2, 0) is 0 Å². The topological polar surface area (TPSA) is 52.0 Å². The van der Waals surface area contributed by atoms with Crippen LogP contribution in [-0.4, -0.2) is 13.1 Å². The summed E-state index contributed by atoms with van der Waals surface area (Å²) < 4.78 is 0. The van der Waals surface area contributed by atoms with E-state index < -0.39 is 0 Å². The highest BCUT2D eigenvalue weighted by Crippen LogP contribution is 1.77. The van der Waals surface area contributed by atoms with Gasteiger partial charge in [-0.05, 0) is 25.9 Å². The molecule has 0 radical (unpaired) electrons. The maximum absolute atomic E-state index is 5.16. The second kappa shape index (κ2) is 16.0. The Kier molecular flexibility index (Phi) is 20.1. The highest BCUT2D eigenvalue weighted by Gasteiger charge is 1.75. The highest BCUT2D eigenvalue weighted by atomic mass is 14.5. The fourth-order valence-corrected chi connectivity index (χ4v) is 0.289. The van der Waals surface area contributed by atoms with E-state index in [4.69, 9.17) is 11.5 Å². The third-order valence-corrected chi connectivity index (χ3v) is 1.16. The van der Waals surface area contributed by atoms with Gasteiger partial charge in [0, 0.05) is 0 Å². The van der Waals surface area contributed by atoms with Gasteiger partial charge in [-0.15, -0.1) is 0 Å². The van der Waals surface area contributed by atoms with Gasteiger partial charge in [-0.25, -0.2) is 0 Å². The van der Waals surface area contributed by atoms with Crippen molar-refractivity contribution in [2.45, 2.75) is 39.5 Å². The Morgan fingerprint density at radius 3 is 1.20 bits per heavy atom. The molecule has 0 amide bonds. The third-order valence-electron chi connectivity index (χ3n) is 1.16. The van der Waals surface area contributed by atoms with Gasteiger partial charge in [-0.3, -0.25) is 0 Å². The van der Waals surface area contributed by atoms with E-state index in [-0.39, 0.29) is 0 Å². The summed E-state index contributed by atoms with van der Waals surface area (Å²) >= 11 is 0. The molecule has 2 heteroatoms. The van der Waals surface area contributed by atoms with Crippen molar-refractivity contribution in [1.29, 1.82) is 0 Å².